The SMILES string of the molecule is CC1(CNCCc2cscn2)CCNCC1. The van der Waals surface area contributed by atoms with Crippen LogP contribution in [0.25, 0.3) is 0 Å². The standard InChI is InChI=1S/C12H21N3S/c1-12(3-6-13-7-4-12)9-14-5-2-11-8-16-10-15-11/h8,10,13-14H,2-7,9H2,1H3. The highest BCUT2D eigenvalue weighted by atomic mass is 32.1. The molecule has 0 bridgehead atoms. The van der Waals surface area contributed by atoms with E-state index in [9.17, 15) is 0 Å². The number of nitrogens with one attached hydrogen (secondary N) is 2. The van der Waals surface area contributed by atoms with Crippen LogP contribution >= 0.6 is 11.3 Å². The molecule has 0 saturated carbocycles. The summed E-state index contributed by atoms with van der Waals surface area (Å²) in [5.41, 5.74) is 3.62. The maximum absolute atomic E-state index is 4.29. The maximum Gasteiger partial charge on any atom is 0.0794 e. The molecule has 1 aromatic heterocycles. The number of nitrogens with zero attached hydrogens (tertiary/aromatic N) is 1. The molecule has 1 saturated heterocycles. The molecule has 4 heteroatoms. The van der Waals surface area contributed by atoms with Crippen LogP contribution < -0.4 is 10.6 Å². The van der Waals surface area contributed by atoms with Crippen LogP contribution in [0.3, 0.4) is 0 Å². The molecular formula is C12H21N3S. The van der Waals surface area contributed by atoms with Gasteiger partial charge < -0.3 is 10.6 Å². The summed E-state index contributed by atoms with van der Waals surface area (Å²) in [5, 5.41) is 9.12. The summed E-state index contributed by atoms with van der Waals surface area (Å²) in [6.45, 7) is 6.92. The topological polar surface area (TPSA) is 37.0 Å². The summed E-state index contributed by atoms with van der Waals surface area (Å²) in [4.78, 5) is 4.29. The van der Waals surface area contributed by atoms with Gasteiger partial charge in [0.05, 0.1) is 11.2 Å². The summed E-state index contributed by atoms with van der Waals surface area (Å²) in [7, 11) is 0. The van der Waals surface area contributed by atoms with Gasteiger partial charge in [0.1, 0.15) is 0 Å². The smallest absolute Gasteiger partial charge is 0.0794 e. The highest BCUT2D eigenvalue weighted by Gasteiger charge is 2.25. The fourth-order valence-corrected chi connectivity index (χ4v) is 2.77. The third kappa shape index (κ3) is 3.54. The molecule has 0 radical (unpaired) electrons. The van der Waals surface area contributed by atoms with Crippen molar-refractivity contribution < 1.29 is 0 Å². The van der Waals surface area contributed by atoms with Crippen molar-refractivity contribution in [2.24, 2.45) is 5.41 Å². The number of aromatic nitrogens is 1. The Hall–Kier alpha value is -0.450. The first-order valence-corrected chi connectivity index (χ1v) is 7.01. The van der Waals surface area contributed by atoms with Gasteiger partial charge in [-0.15, -0.1) is 11.3 Å². The number of hydrogen-bond donors (Lipinski definition) is 2. The van der Waals surface area contributed by atoms with Crippen molar-refractivity contribution in [1.29, 1.82) is 0 Å². The van der Waals surface area contributed by atoms with Crippen LogP contribution in [0.5, 0.6) is 0 Å². The van der Waals surface area contributed by atoms with E-state index >= 15 is 0 Å². The quantitative estimate of drug-likeness (QED) is 0.767. The van der Waals surface area contributed by atoms with Gasteiger partial charge in [-0.05, 0) is 31.3 Å². The zero-order chi connectivity index (χ0) is 11.3. The first-order valence-electron chi connectivity index (χ1n) is 6.07. The van der Waals surface area contributed by atoms with Crippen molar-refractivity contribution >= 4 is 11.3 Å². The lowest BCUT2D eigenvalue weighted by Gasteiger charge is -2.34. The van der Waals surface area contributed by atoms with Crippen molar-refractivity contribution in [2.45, 2.75) is 26.2 Å². The van der Waals surface area contributed by atoms with Gasteiger partial charge in [0, 0.05) is 24.9 Å². The molecule has 2 heterocycles. The van der Waals surface area contributed by atoms with E-state index < -0.39 is 0 Å². The summed E-state index contributed by atoms with van der Waals surface area (Å²) in [6.07, 6.45) is 3.63. The first kappa shape index (κ1) is 12.0. The Labute approximate surface area is 102 Å². The molecule has 1 aromatic rings. The molecule has 2 rings (SSSR count). The normalized spacial score (nSPS) is 19.8. The zero-order valence-electron chi connectivity index (χ0n) is 9.96. The summed E-state index contributed by atoms with van der Waals surface area (Å²) >= 11 is 1.68. The second kappa shape index (κ2) is 5.75. The first-order chi connectivity index (χ1) is 7.79. The van der Waals surface area contributed by atoms with Crippen LogP contribution in [-0.4, -0.2) is 31.2 Å². The van der Waals surface area contributed by atoms with Crippen LogP contribution in [0.2, 0.25) is 0 Å². The summed E-state index contributed by atoms with van der Waals surface area (Å²) in [6, 6.07) is 0. The number of piperidine rings is 1. The van der Waals surface area contributed by atoms with E-state index in [4.69, 9.17) is 0 Å². The van der Waals surface area contributed by atoms with E-state index in [1.807, 2.05) is 5.51 Å². The Morgan fingerprint density at radius 3 is 3.00 bits per heavy atom. The van der Waals surface area contributed by atoms with Gasteiger partial charge in [-0.25, -0.2) is 4.98 Å². The summed E-state index contributed by atoms with van der Waals surface area (Å²) in [5.74, 6) is 0. The molecule has 0 spiro atoms. The second-order valence-corrected chi connectivity index (χ2v) is 5.69. The average molecular weight is 239 g/mol. The third-order valence-corrected chi connectivity index (χ3v) is 4.04. The van der Waals surface area contributed by atoms with Crippen LogP contribution in [0.15, 0.2) is 10.9 Å². The Kier molecular flexibility index (Phi) is 4.32. The average Bonchev–Trinajstić information content (AvgIpc) is 2.78. The molecule has 90 valence electrons. The second-order valence-electron chi connectivity index (χ2n) is 4.97. The molecule has 1 fully saturated rings. The van der Waals surface area contributed by atoms with Crippen molar-refractivity contribution in [3.8, 4) is 0 Å². The van der Waals surface area contributed by atoms with Crippen molar-refractivity contribution in [2.75, 3.05) is 26.2 Å². The van der Waals surface area contributed by atoms with E-state index in [0.29, 0.717) is 5.41 Å². The lowest BCUT2D eigenvalue weighted by atomic mass is 9.81. The van der Waals surface area contributed by atoms with Gasteiger partial charge in [-0.3, -0.25) is 0 Å². The van der Waals surface area contributed by atoms with Gasteiger partial charge in [0.15, 0.2) is 0 Å². The van der Waals surface area contributed by atoms with Crippen LogP contribution in [0.4, 0.5) is 0 Å². The van der Waals surface area contributed by atoms with Crippen molar-refractivity contribution in [1.82, 2.24) is 15.6 Å². The molecule has 0 aromatic carbocycles. The van der Waals surface area contributed by atoms with E-state index in [-0.39, 0.29) is 0 Å². The van der Waals surface area contributed by atoms with E-state index in [1.165, 1.54) is 31.6 Å². The summed E-state index contributed by atoms with van der Waals surface area (Å²) < 4.78 is 0. The van der Waals surface area contributed by atoms with Crippen LogP contribution in [0.1, 0.15) is 25.5 Å². The van der Waals surface area contributed by atoms with Gasteiger partial charge in [-0.1, -0.05) is 6.92 Å². The molecule has 1 aliphatic heterocycles. The van der Waals surface area contributed by atoms with E-state index in [0.717, 1.165) is 19.5 Å². The Bertz CT molecular complexity index is 291. The highest BCUT2D eigenvalue weighted by molar-refractivity contribution is 7.07. The molecule has 3 nitrogen and oxygen atoms in total. The number of rotatable bonds is 5. The predicted molar refractivity (Wildman–Crippen MR) is 68.9 cm³/mol. The number of hydrogen-bond acceptors (Lipinski definition) is 4. The minimum absolute atomic E-state index is 0.493. The molecule has 16 heavy (non-hydrogen) atoms. The Morgan fingerprint density at radius 1 is 1.50 bits per heavy atom. The lowest BCUT2D eigenvalue weighted by molar-refractivity contribution is 0.221. The molecule has 1 aliphatic rings. The molecule has 0 amide bonds. The van der Waals surface area contributed by atoms with E-state index in [1.54, 1.807) is 11.3 Å². The van der Waals surface area contributed by atoms with Gasteiger partial charge in [-0.2, -0.15) is 0 Å². The molecule has 0 unspecified atom stereocenters. The largest absolute Gasteiger partial charge is 0.317 e. The maximum atomic E-state index is 4.29. The van der Waals surface area contributed by atoms with Crippen molar-refractivity contribution in [3.05, 3.63) is 16.6 Å². The minimum Gasteiger partial charge on any atom is -0.317 e. The van der Waals surface area contributed by atoms with Gasteiger partial charge in [0.25, 0.3) is 0 Å². The fraction of sp³-hybridized carbons (Fsp3) is 0.750. The highest BCUT2D eigenvalue weighted by Crippen LogP contribution is 2.26. The Balaban J connectivity index is 1.63. The predicted octanol–water partition coefficient (Wildman–Crippen LogP) is 1.66. The van der Waals surface area contributed by atoms with Crippen molar-refractivity contribution in [3.63, 3.8) is 0 Å². The molecule has 0 atom stereocenters. The molecule has 0 aliphatic carbocycles. The fourth-order valence-electron chi connectivity index (χ4n) is 2.17. The van der Waals surface area contributed by atoms with Gasteiger partial charge >= 0.3 is 0 Å². The van der Waals surface area contributed by atoms with Crippen LogP contribution in [-0.2, 0) is 6.42 Å². The van der Waals surface area contributed by atoms with E-state index in [2.05, 4.69) is 27.9 Å². The minimum atomic E-state index is 0.493. The monoisotopic (exact) mass is 239 g/mol. The molecular weight excluding hydrogens is 218 g/mol. The Morgan fingerprint density at radius 2 is 2.31 bits per heavy atom. The zero-order valence-corrected chi connectivity index (χ0v) is 10.8. The van der Waals surface area contributed by atoms with Gasteiger partial charge in [0.2, 0.25) is 0 Å². The van der Waals surface area contributed by atoms with Crippen LogP contribution in [0, 0.1) is 5.41 Å². The third-order valence-electron chi connectivity index (χ3n) is 3.40. The molecule has 2 N–H and O–H groups in total. The number of thiazole rings is 1. The lowest BCUT2D eigenvalue weighted by Crippen LogP contribution is -2.41.